The SMILES string of the molecule is CC(C)Cn1c(SCC(=O)NC(=O)NC2CC2)nc2ccc(Br)cc2c1=O. The maximum absolute atomic E-state index is 12.9. The Morgan fingerprint density at radius 1 is 1.37 bits per heavy atom. The van der Waals surface area contributed by atoms with E-state index in [2.05, 4.69) is 31.5 Å². The first-order chi connectivity index (χ1) is 12.8. The van der Waals surface area contributed by atoms with Gasteiger partial charge in [-0.05, 0) is 37.0 Å². The number of thioether (sulfide) groups is 1. The van der Waals surface area contributed by atoms with E-state index in [1.165, 1.54) is 0 Å². The normalized spacial score (nSPS) is 13.8. The van der Waals surface area contributed by atoms with Gasteiger partial charge >= 0.3 is 6.03 Å². The summed E-state index contributed by atoms with van der Waals surface area (Å²) in [5.74, 6) is -0.170. The Balaban J connectivity index is 1.79. The number of carbonyl (C=O) groups excluding carboxylic acids is 2. The molecule has 3 amide bonds. The van der Waals surface area contributed by atoms with E-state index in [0.717, 1.165) is 29.1 Å². The summed E-state index contributed by atoms with van der Waals surface area (Å²) < 4.78 is 2.41. The molecule has 1 aromatic heterocycles. The molecule has 1 aromatic carbocycles. The van der Waals surface area contributed by atoms with Crippen LogP contribution in [-0.2, 0) is 11.3 Å². The van der Waals surface area contributed by atoms with Gasteiger partial charge in [-0.15, -0.1) is 0 Å². The molecule has 1 saturated carbocycles. The zero-order valence-corrected chi connectivity index (χ0v) is 17.5. The molecule has 1 fully saturated rings. The zero-order chi connectivity index (χ0) is 19.6. The van der Waals surface area contributed by atoms with Crippen LogP contribution in [0.15, 0.2) is 32.6 Å². The van der Waals surface area contributed by atoms with Gasteiger partial charge in [0.2, 0.25) is 5.91 Å². The summed E-state index contributed by atoms with van der Waals surface area (Å²) in [6.07, 6.45) is 1.91. The largest absolute Gasteiger partial charge is 0.335 e. The lowest BCUT2D eigenvalue weighted by Gasteiger charge is -2.15. The third-order valence-corrected chi connectivity index (χ3v) is 5.40. The van der Waals surface area contributed by atoms with Crippen molar-refractivity contribution in [3.63, 3.8) is 0 Å². The molecular formula is C18H21BrN4O3S. The fraction of sp³-hybridized carbons (Fsp3) is 0.444. The smallest absolute Gasteiger partial charge is 0.321 e. The van der Waals surface area contributed by atoms with Gasteiger partial charge in [-0.25, -0.2) is 9.78 Å². The van der Waals surface area contributed by atoms with Gasteiger partial charge in [-0.2, -0.15) is 0 Å². The van der Waals surface area contributed by atoms with Crippen molar-refractivity contribution in [3.05, 3.63) is 33.0 Å². The fourth-order valence-corrected chi connectivity index (χ4v) is 3.72. The number of amides is 3. The summed E-state index contributed by atoms with van der Waals surface area (Å²) in [5.41, 5.74) is 0.446. The molecule has 1 aliphatic rings. The third kappa shape index (κ3) is 5.32. The number of hydrogen-bond donors (Lipinski definition) is 2. The van der Waals surface area contributed by atoms with Crippen molar-refractivity contribution in [2.45, 2.75) is 44.4 Å². The summed E-state index contributed by atoms with van der Waals surface area (Å²) in [6, 6.07) is 5.06. The number of aromatic nitrogens is 2. The minimum Gasteiger partial charge on any atom is -0.335 e. The van der Waals surface area contributed by atoms with Crippen molar-refractivity contribution in [2.75, 3.05) is 5.75 Å². The zero-order valence-electron chi connectivity index (χ0n) is 15.1. The van der Waals surface area contributed by atoms with E-state index in [1.54, 1.807) is 16.7 Å². The van der Waals surface area contributed by atoms with Gasteiger partial charge in [0.25, 0.3) is 5.56 Å². The molecule has 1 heterocycles. The average molecular weight is 453 g/mol. The molecule has 0 spiro atoms. The second-order valence-electron chi connectivity index (χ2n) is 6.95. The quantitative estimate of drug-likeness (QED) is 0.519. The highest BCUT2D eigenvalue weighted by Gasteiger charge is 2.24. The fourth-order valence-electron chi connectivity index (χ4n) is 2.55. The molecule has 0 radical (unpaired) electrons. The molecule has 27 heavy (non-hydrogen) atoms. The van der Waals surface area contributed by atoms with E-state index in [0.29, 0.717) is 22.6 Å². The van der Waals surface area contributed by atoms with Crippen LogP contribution in [0.2, 0.25) is 0 Å². The minimum absolute atomic E-state index is 0.00462. The first-order valence-corrected chi connectivity index (χ1v) is 10.5. The van der Waals surface area contributed by atoms with Crippen molar-refractivity contribution in [3.8, 4) is 0 Å². The summed E-state index contributed by atoms with van der Waals surface area (Å²) in [6.45, 7) is 4.53. The minimum atomic E-state index is -0.473. The highest BCUT2D eigenvalue weighted by atomic mass is 79.9. The van der Waals surface area contributed by atoms with Gasteiger partial charge in [-0.3, -0.25) is 19.5 Å². The number of fused-ring (bicyclic) bond motifs is 1. The number of imide groups is 1. The average Bonchev–Trinajstić information content (AvgIpc) is 3.40. The van der Waals surface area contributed by atoms with Crippen LogP contribution >= 0.6 is 27.7 Å². The molecule has 0 atom stereocenters. The van der Waals surface area contributed by atoms with Crippen molar-refractivity contribution in [1.82, 2.24) is 20.2 Å². The first-order valence-electron chi connectivity index (χ1n) is 8.76. The summed E-state index contributed by atoms with van der Waals surface area (Å²) in [7, 11) is 0. The van der Waals surface area contributed by atoms with Crippen LogP contribution in [0.4, 0.5) is 4.79 Å². The second kappa shape index (κ2) is 8.43. The summed E-state index contributed by atoms with van der Waals surface area (Å²) >= 11 is 4.54. The van der Waals surface area contributed by atoms with E-state index in [9.17, 15) is 14.4 Å². The van der Waals surface area contributed by atoms with Crippen molar-refractivity contribution >= 4 is 50.5 Å². The molecule has 1 aliphatic carbocycles. The molecule has 0 aliphatic heterocycles. The lowest BCUT2D eigenvalue weighted by Crippen LogP contribution is -2.41. The Morgan fingerprint density at radius 3 is 2.78 bits per heavy atom. The van der Waals surface area contributed by atoms with Gasteiger partial charge in [0.05, 0.1) is 16.7 Å². The molecule has 3 rings (SSSR count). The maximum atomic E-state index is 12.9. The van der Waals surface area contributed by atoms with Crippen LogP contribution in [0.5, 0.6) is 0 Å². The number of hydrogen-bond acceptors (Lipinski definition) is 5. The number of halogens is 1. The predicted octanol–water partition coefficient (Wildman–Crippen LogP) is 2.90. The summed E-state index contributed by atoms with van der Waals surface area (Å²) in [4.78, 5) is 41.2. The summed E-state index contributed by atoms with van der Waals surface area (Å²) in [5, 5.41) is 6.02. The van der Waals surface area contributed by atoms with Crippen LogP contribution < -0.4 is 16.2 Å². The van der Waals surface area contributed by atoms with Crippen LogP contribution in [-0.4, -0.2) is 33.3 Å². The van der Waals surface area contributed by atoms with Crippen LogP contribution in [0.3, 0.4) is 0 Å². The Hall–Kier alpha value is -1.87. The Bertz CT molecular complexity index is 940. The molecule has 9 heteroatoms. The van der Waals surface area contributed by atoms with Gasteiger partial charge < -0.3 is 5.32 Å². The van der Waals surface area contributed by atoms with Crippen LogP contribution in [0, 0.1) is 5.92 Å². The van der Waals surface area contributed by atoms with Gasteiger partial charge in [0, 0.05) is 17.1 Å². The monoisotopic (exact) mass is 452 g/mol. The molecule has 7 nitrogen and oxygen atoms in total. The highest BCUT2D eigenvalue weighted by molar-refractivity contribution is 9.10. The van der Waals surface area contributed by atoms with Gasteiger partial charge in [0.15, 0.2) is 5.16 Å². The molecular weight excluding hydrogens is 432 g/mol. The number of benzene rings is 1. The van der Waals surface area contributed by atoms with E-state index >= 15 is 0 Å². The number of carbonyl (C=O) groups is 2. The van der Waals surface area contributed by atoms with Crippen LogP contribution in [0.1, 0.15) is 26.7 Å². The van der Waals surface area contributed by atoms with Gasteiger partial charge in [-0.1, -0.05) is 41.5 Å². The van der Waals surface area contributed by atoms with E-state index in [-0.39, 0.29) is 23.3 Å². The Kier molecular flexibility index (Phi) is 6.21. The van der Waals surface area contributed by atoms with Crippen molar-refractivity contribution in [2.24, 2.45) is 5.92 Å². The second-order valence-corrected chi connectivity index (χ2v) is 8.81. The molecule has 144 valence electrons. The highest BCUT2D eigenvalue weighted by Crippen LogP contribution is 2.21. The lowest BCUT2D eigenvalue weighted by atomic mass is 10.2. The first kappa shape index (κ1) is 19.9. The van der Waals surface area contributed by atoms with Gasteiger partial charge in [0.1, 0.15) is 0 Å². The van der Waals surface area contributed by atoms with E-state index in [1.807, 2.05) is 19.9 Å². The topological polar surface area (TPSA) is 93.1 Å². The Labute approximate surface area is 169 Å². The lowest BCUT2D eigenvalue weighted by molar-refractivity contribution is -0.117. The molecule has 0 unspecified atom stereocenters. The molecule has 2 aromatic rings. The Morgan fingerprint density at radius 2 is 2.11 bits per heavy atom. The molecule has 0 saturated heterocycles. The maximum Gasteiger partial charge on any atom is 0.321 e. The standard InChI is InChI=1S/C18H21BrN4O3S/c1-10(2)8-23-16(25)13-7-11(19)3-6-14(13)21-18(23)27-9-15(24)22-17(26)20-12-4-5-12/h3,6-7,10,12H,4-5,8-9H2,1-2H3,(H2,20,22,24,26). The number of nitrogens with zero attached hydrogens (tertiary/aromatic N) is 2. The van der Waals surface area contributed by atoms with Crippen molar-refractivity contribution < 1.29 is 9.59 Å². The van der Waals surface area contributed by atoms with Crippen LogP contribution in [0.25, 0.3) is 10.9 Å². The number of urea groups is 1. The third-order valence-electron chi connectivity index (χ3n) is 3.93. The van der Waals surface area contributed by atoms with E-state index < -0.39 is 11.9 Å². The van der Waals surface area contributed by atoms with E-state index in [4.69, 9.17) is 0 Å². The number of nitrogens with one attached hydrogen (secondary N) is 2. The molecule has 0 bridgehead atoms. The number of rotatable bonds is 6. The predicted molar refractivity (Wildman–Crippen MR) is 109 cm³/mol. The van der Waals surface area contributed by atoms with Crippen molar-refractivity contribution in [1.29, 1.82) is 0 Å². The molecule has 2 N–H and O–H groups in total.